The van der Waals surface area contributed by atoms with E-state index in [2.05, 4.69) is 27.1 Å². The quantitative estimate of drug-likeness (QED) is 0.565. The zero-order valence-electron chi connectivity index (χ0n) is 16.4. The minimum Gasteiger partial charge on any atom is -0.352 e. The van der Waals surface area contributed by atoms with Crippen LogP contribution in [0.2, 0.25) is 10.0 Å². The monoisotopic (exact) mass is 438 g/mol. The number of carbonyl (C=O) groups excluding carboxylic acids is 1. The first-order chi connectivity index (χ1) is 14.5. The number of pyridine rings is 2. The highest BCUT2D eigenvalue weighted by molar-refractivity contribution is 6.40. The van der Waals surface area contributed by atoms with Crippen molar-refractivity contribution in [2.24, 2.45) is 0 Å². The Hall–Kier alpha value is -2.89. The van der Waals surface area contributed by atoms with E-state index in [9.17, 15) is 4.79 Å². The lowest BCUT2D eigenvalue weighted by atomic mass is 9.95. The average Bonchev–Trinajstić information content (AvgIpc) is 2.75. The van der Waals surface area contributed by atoms with Gasteiger partial charge in [0.05, 0.1) is 15.6 Å². The Balaban J connectivity index is 1.51. The van der Waals surface area contributed by atoms with Gasteiger partial charge < -0.3 is 10.2 Å². The molecule has 0 bridgehead atoms. The third-order valence-corrected chi connectivity index (χ3v) is 5.74. The molecule has 1 amide bonds. The number of rotatable bonds is 4. The van der Waals surface area contributed by atoms with Gasteiger partial charge in [0, 0.05) is 37.4 Å². The molecule has 0 saturated heterocycles. The molecule has 0 unspecified atom stereocenters. The third kappa shape index (κ3) is 4.32. The van der Waals surface area contributed by atoms with Crippen molar-refractivity contribution in [1.82, 2.24) is 9.97 Å². The molecule has 1 aromatic carbocycles. The van der Waals surface area contributed by atoms with E-state index in [-0.39, 0.29) is 21.5 Å². The van der Waals surface area contributed by atoms with Gasteiger partial charge in [-0.2, -0.15) is 0 Å². The van der Waals surface area contributed by atoms with E-state index >= 15 is 0 Å². The van der Waals surface area contributed by atoms with Crippen LogP contribution in [0.15, 0.2) is 66.6 Å². The average molecular weight is 439 g/mol. The summed E-state index contributed by atoms with van der Waals surface area (Å²) in [6, 6.07) is 13.8. The summed E-state index contributed by atoms with van der Waals surface area (Å²) in [5, 5.41) is 3.28. The minimum atomic E-state index is -0.366. The van der Waals surface area contributed by atoms with E-state index in [0.29, 0.717) is 5.69 Å². The van der Waals surface area contributed by atoms with Gasteiger partial charge in [0.15, 0.2) is 0 Å². The second kappa shape index (κ2) is 8.86. The fourth-order valence-corrected chi connectivity index (χ4v) is 4.05. The van der Waals surface area contributed by atoms with Crippen molar-refractivity contribution in [3.05, 3.63) is 87.8 Å². The molecule has 30 heavy (non-hydrogen) atoms. The summed E-state index contributed by atoms with van der Waals surface area (Å²) < 4.78 is 0. The van der Waals surface area contributed by atoms with Crippen molar-refractivity contribution in [2.45, 2.75) is 13.3 Å². The SMILES string of the molecule is CC1=C(c2ccc(NC(=O)c3c(Cl)cncc3Cl)cc2)CN(c2ccccn2)CC1. The topological polar surface area (TPSA) is 58.1 Å². The number of nitrogens with zero attached hydrogens (tertiary/aromatic N) is 3. The highest BCUT2D eigenvalue weighted by Gasteiger charge is 2.19. The van der Waals surface area contributed by atoms with Crippen LogP contribution in [-0.4, -0.2) is 29.0 Å². The standard InChI is InChI=1S/C23H20Cl2N4O/c1-15-9-11-29(21-4-2-3-10-27-21)14-18(15)16-5-7-17(8-6-16)28-23(30)22-19(24)12-26-13-20(22)25/h2-8,10,12-13H,9,11,14H2,1H3,(H,28,30). The maximum absolute atomic E-state index is 12.6. The highest BCUT2D eigenvalue weighted by atomic mass is 35.5. The van der Waals surface area contributed by atoms with Crippen LogP contribution < -0.4 is 10.2 Å². The summed E-state index contributed by atoms with van der Waals surface area (Å²) >= 11 is 12.1. The second-order valence-corrected chi connectivity index (χ2v) is 7.94. The van der Waals surface area contributed by atoms with Gasteiger partial charge in [0.2, 0.25) is 0 Å². The lowest BCUT2D eigenvalue weighted by molar-refractivity contribution is 0.102. The van der Waals surface area contributed by atoms with Crippen molar-refractivity contribution < 1.29 is 4.79 Å². The number of hydrogen-bond acceptors (Lipinski definition) is 4. The molecule has 0 saturated carbocycles. The summed E-state index contributed by atoms with van der Waals surface area (Å²) in [5.41, 5.74) is 4.67. The van der Waals surface area contributed by atoms with Gasteiger partial charge >= 0.3 is 0 Å². The smallest absolute Gasteiger partial charge is 0.258 e. The zero-order chi connectivity index (χ0) is 21.1. The van der Waals surface area contributed by atoms with Gasteiger partial charge in [0.1, 0.15) is 5.82 Å². The van der Waals surface area contributed by atoms with Crippen molar-refractivity contribution in [3.63, 3.8) is 0 Å². The minimum absolute atomic E-state index is 0.217. The van der Waals surface area contributed by atoms with Gasteiger partial charge in [0.25, 0.3) is 5.91 Å². The Bertz CT molecular complexity index is 1080. The predicted octanol–water partition coefficient (Wildman–Crippen LogP) is 5.72. The van der Waals surface area contributed by atoms with Crippen LogP contribution in [0.3, 0.4) is 0 Å². The van der Waals surface area contributed by atoms with Gasteiger partial charge in [-0.05, 0) is 48.7 Å². The van der Waals surface area contributed by atoms with Gasteiger partial charge in [-0.3, -0.25) is 9.78 Å². The number of hydrogen-bond donors (Lipinski definition) is 1. The molecule has 5 nitrogen and oxygen atoms in total. The van der Waals surface area contributed by atoms with Gasteiger partial charge in [-0.1, -0.05) is 47.0 Å². The Morgan fingerprint density at radius 2 is 1.80 bits per heavy atom. The molecule has 0 fully saturated rings. The molecule has 3 aromatic rings. The largest absolute Gasteiger partial charge is 0.352 e. The first-order valence-corrected chi connectivity index (χ1v) is 10.3. The molecule has 7 heteroatoms. The number of amides is 1. The summed E-state index contributed by atoms with van der Waals surface area (Å²) in [5.74, 6) is 0.618. The number of anilines is 2. The van der Waals surface area contributed by atoms with Gasteiger partial charge in [-0.25, -0.2) is 4.98 Å². The zero-order valence-corrected chi connectivity index (χ0v) is 17.9. The number of nitrogens with one attached hydrogen (secondary N) is 1. The number of benzene rings is 1. The molecule has 1 aliphatic heterocycles. The van der Waals surface area contributed by atoms with Crippen LogP contribution in [0.5, 0.6) is 0 Å². The molecule has 1 aliphatic rings. The normalized spacial score (nSPS) is 14.0. The molecular formula is C23H20Cl2N4O. The predicted molar refractivity (Wildman–Crippen MR) is 122 cm³/mol. The van der Waals surface area contributed by atoms with Crippen LogP contribution in [0.25, 0.3) is 5.57 Å². The van der Waals surface area contributed by atoms with E-state index in [1.807, 2.05) is 48.7 Å². The molecule has 0 spiro atoms. The van der Waals surface area contributed by atoms with E-state index in [1.54, 1.807) is 0 Å². The van der Waals surface area contributed by atoms with Crippen LogP contribution in [0, 0.1) is 0 Å². The molecule has 3 heterocycles. The first-order valence-electron chi connectivity index (χ1n) is 9.58. The van der Waals surface area contributed by atoms with E-state index in [4.69, 9.17) is 23.2 Å². The summed E-state index contributed by atoms with van der Waals surface area (Å²) in [6.07, 6.45) is 5.61. The first kappa shape index (κ1) is 20.4. The van der Waals surface area contributed by atoms with Crippen LogP contribution >= 0.6 is 23.2 Å². The van der Waals surface area contributed by atoms with Gasteiger partial charge in [-0.15, -0.1) is 0 Å². The Kier molecular flexibility index (Phi) is 6.02. The fraction of sp³-hybridized carbons (Fsp3) is 0.174. The van der Waals surface area contributed by atoms with Crippen LogP contribution in [0.4, 0.5) is 11.5 Å². The molecule has 0 radical (unpaired) electrons. The number of carbonyl (C=O) groups is 1. The fourth-order valence-electron chi connectivity index (χ4n) is 3.51. The second-order valence-electron chi connectivity index (χ2n) is 7.13. The van der Waals surface area contributed by atoms with E-state index < -0.39 is 0 Å². The molecule has 1 N–H and O–H groups in total. The maximum atomic E-state index is 12.6. The summed E-state index contributed by atoms with van der Waals surface area (Å²) in [6.45, 7) is 3.93. The number of aromatic nitrogens is 2. The van der Waals surface area contributed by atoms with E-state index in [1.165, 1.54) is 23.5 Å². The molecule has 4 rings (SSSR count). The Labute approximate surface area is 185 Å². The lowest BCUT2D eigenvalue weighted by Crippen LogP contribution is -2.31. The highest BCUT2D eigenvalue weighted by Crippen LogP contribution is 2.30. The van der Waals surface area contributed by atoms with Crippen molar-refractivity contribution in [3.8, 4) is 0 Å². The van der Waals surface area contributed by atoms with Crippen molar-refractivity contribution >= 4 is 46.2 Å². The summed E-state index contributed by atoms with van der Waals surface area (Å²) in [7, 11) is 0. The Morgan fingerprint density at radius 3 is 2.47 bits per heavy atom. The Morgan fingerprint density at radius 1 is 1.07 bits per heavy atom. The molecule has 152 valence electrons. The van der Waals surface area contributed by atoms with Crippen LogP contribution in [-0.2, 0) is 0 Å². The lowest BCUT2D eigenvalue weighted by Gasteiger charge is -2.31. The van der Waals surface area contributed by atoms with Crippen molar-refractivity contribution in [2.75, 3.05) is 23.3 Å². The molecule has 0 atom stereocenters. The van der Waals surface area contributed by atoms with Crippen LogP contribution in [0.1, 0.15) is 29.3 Å². The van der Waals surface area contributed by atoms with Crippen molar-refractivity contribution in [1.29, 1.82) is 0 Å². The maximum Gasteiger partial charge on any atom is 0.258 e. The third-order valence-electron chi connectivity index (χ3n) is 5.17. The summed E-state index contributed by atoms with van der Waals surface area (Å²) in [4.78, 5) is 23.2. The number of halogens is 2. The molecule has 0 aliphatic carbocycles. The molecular weight excluding hydrogens is 419 g/mol. The van der Waals surface area contributed by atoms with E-state index in [0.717, 1.165) is 30.9 Å². The molecule has 2 aromatic heterocycles.